The van der Waals surface area contributed by atoms with Crippen molar-refractivity contribution in [3.63, 3.8) is 0 Å². The Morgan fingerprint density at radius 2 is 2.18 bits per heavy atom. The van der Waals surface area contributed by atoms with Gasteiger partial charge in [0.25, 0.3) is 0 Å². The van der Waals surface area contributed by atoms with Crippen molar-refractivity contribution in [2.45, 2.75) is 44.2 Å². The first-order chi connectivity index (χ1) is 5.17. The summed E-state index contributed by atoms with van der Waals surface area (Å²) < 4.78 is 0. The number of nitrogens with zero attached hydrogens (tertiary/aromatic N) is 1. The molecule has 2 rings (SSSR count). The number of aliphatic hydroxyl groups is 1. The summed E-state index contributed by atoms with van der Waals surface area (Å²) >= 11 is 0. The van der Waals surface area contributed by atoms with Crippen molar-refractivity contribution in [2.24, 2.45) is 0 Å². The minimum Gasteiger partial charge on any atom is -0.389 e. The van der Waals surface area contributed by atoms with Gasteiger partial charge in [-0.25, -0.2) is 0 Å². The second kappa shape index (κ2) is 2.46. The summed E-state index contributed by atoms with van der Waals surface area (Å²) in [4.78, 5) is 2.45. The Hall–Kier alpha value is -0.0800. The van der Waals surface area contributed by atoms with Gasteiger partial charge >= 0.3 is 0 Å². The summed E-state index contributed by atoms with van der Waals surface area (Å²) in [7, 11) is 0. The van der Waals surface area contributed by atoms with Crippen LogP contribution in [0.15, 0.2) is 0 Å². The average Bonchev–Trinajstić information content (AvgIpc) is 2.05. The molecule has 64 valence electrons. The fourth-order valence-electron chi connectivity index (χ4n) is 2.04. The quantitative estimate of drug-likeness (QED) is 0.610. The Labute approximate surface area is 68.2 Å². The number of hydrogen-bond donors (Lipinski definition) is 1. The molecule has 1 saturated carbocycles. The number of hydrogen-bond acceptors (Lipinski definition) is 2. The van der Waals surface area contributed by atoms with E-state index in [1.54, 1.807) is 0 Å². The predicted molar refractivity (Wildman–Crippen MR) is 44.5 cm³/mol. The molecular weight excluding hydrogens is 138 g/mol. The lowest BCUT2D eigenvalue weighted by Crippen LogP contribution is -2.40. The van der Waals surface area contributed by atoms with Gasteiger partial charge in [0.15, 0.2) is 0 Å². The van der Waals surface area contributed by atoms with E-state index in [1.165, 1.54) is 19.3 Å². The van der Waals surface area contributed by atoms with Crippen LogP contribution in [0.3, 0.4) is 0 Å². The lowest BCUT2D eigenvalue weighted by atomic mass is 9.92. The maximum atomic E-state index is 9.69. The molecule has 1 N–H and O–H groups in total. The third-order valence-electron chi connectivity index (χ3n) is 3.07. The third-order valence-corrected chi connectivity index (χ3v) is 3.07. The van der Waals surface area contributed by atoms with E-state index in [-0.39, 0.29) is 0 Å². The van der Waals surface area contributed by atoms with E-state index >= 15 is 0 Å². The molecule has 1 aliphatic carbocycles. The molecule has 0 bridgehead atoms. The minimum atomic E-state index is -0.393. The van der Waals surface area contributed by atoms with Crippen molar-refractivity contribution in [1.29, 1.82) is 0 Å². The van der Waals surface area contributed by atoms with Crippen molar-refractivity contribution < 1.29 is 5.11 Å². The van der Waals surface area contributed by atoms with E-state index in [0.29, 0.717) is 0 Å². The Morgan fingerprint density at radius 3 is 2.55 bits per heavy atom. The van der Waals surface area contributed by atoms with E-state index in [1.807, 2.05) is 6.92 Å². The highest BCUT2D eigenvalue weighted by Crippen LogP contribution is 2.30. The third kappa shape index (κ3) is 1.42. The van der Waals surface area contributed by atoms with Gasteiger partial charge in [0.05, 0.1) is 5.60 Å². The summed E-state index contributed by atoms with van der Waals surface area (Å²) in [6, 6.07) is 0.809. The topological polar surface area (TPSA) is 23.5 Å². The largest absolute Gasteiger partial charge is 0.389 e. The molecule has 0 amide bonds. The molecule has 0 radical (unpaired) electrons. The smallest absolute Gasteiger partial charge is 0.0758 e. The van der Waals surface area contributed by atoms with E-state index < -0.39 is 5.60 Å². The summed E-state index contributed by atoms with van der Waals surface area (Å²) in [6.45, 7) is 3.96. The molecule has 0 aromatic rings. The van der Waals surface area contributed by atoms with Crippen LogP contribution in [0.2, 0.25) is 0 Å². The predicted octanol–water partition coefficient (Wildman–Crippen LogP) is 0.996. The van der Waals surface area contributed by atoms with E-state index in [0.717, 1.165) is 25.6 Å². The summed E-state index contributed by atoms with van der Waals surface area (Å²) in [5, 5.41) is 9.69. The van der Waals surface area contributed by atoms with Crippen LogP contribution in [0.5, 0.6) is 0 Å². The molecule has 1 unspecified atom stereocenters. The van der Waals surface area contributed by atoms with Gasteiger partial charge in [-0.05, 0) is 26.2 Å². The van der Waals surface area contributed by atoms with E-state index in [2.05, 4.69) is 4.90 Å². The molecule has 0 aromatic carbocycles. The lowest BCUT2D eigenvalue weighted by molar-refractivity contribution is 0.0528. The molecule has 0 spiro atoms. The molecule has 1 heterocycles. The van der Waals surface area contributed by atoms with Crippen molar-refractivity contribution in [3.05, 3.63) is 0 Å². The van der Waals surface area contributed by atoms with Gasteiger partial charge in [-0.15, -0.1) is 0 Å². The van der Waals surface area contributed by atoms with Crippen molar-refractivity contribution in [2.75, 3.05) is 13.1 Å². The minimum absolute atomic E-state index is 0.393. The second-order valence-corrected chi connectivity index (χ2v) is 4.30. The van der Waals surface area contributed by atoms with Crippen LogP contribution in [0, 0.1) is 0 Å². The van der Waals surface area contributed by atoms with Gasteiger partial charge in [-0.2, -0.15) is 0 Å². The number of rotatable bonds is 1. The highest BCUT2D eigenvalue weighted by molar-refractivity contribution is 4.91. The van der Waals surface area contributed by atoms with Crippen LogP contribution in [0.25, 0.3) is 0 Å². The Kier molecular flexibility index (Phi) is 1.69. The summed E-state index contributed by atoms with van der Waals surface area (Å²) in [6.07, 6.45) is 5.07. The standard InChI is InChI=1S/C9H17NO/c1-9(11)5-6-10(7-9)8-3-2-4-8/h8,11H,2-7H2,1H3. The first-order valence-electron chi connectivity index (χ1n) is 4.64. The van der Waals surface area contributed by atoms with Crippen LogP contribution in [0.1, 0.15) is 32.6 Å². The molecule has 2 nitrogen and oxygen atoms in total. The normalized spacial score (nSPS) is 40.9. The zero-order valence-corrected chi connectivity index (χ0v) is 7.21. The molecule has 0 aromatic heterocycles. The lowest BCUT2D eigenvalue weighted by Gasteiger charge is -2.35. The molecule has 2 heteroatoms. The summed E-state index contributed by atoms with van der Waals surface area (Å²) in [5.74, 6) is 0. The van der Waals surface area contributed by atoms with Gasteiger partial charge in [0, 0.05) is 19.1 Å². The molecule has 2 fully saturated rings. The van der Waals surface area contributed by atoms with Gasteiger partial charge in [-0.1, -0.05) is 6.42 Å². The Bertz CT molecular complexity index is 152. The van der Waals surface area contributed by atoms with Crippen molar-refractivity contribution in [1.82, 2.24) is 4.90 Å². The number of likely N-dealkylation sites (tertiary alicyclic amines) is 1. The van der Waals surface area contributed by atoms with Gasteiger partial charge in [0.2, 0.25) is 0 Å². The highest BCUT2D eigenvalue weighted by Gasteiger charge is 2.36. The molecule has 11 heavy (non-hydrogen) atoms. The first-order valence-corrected chi connectivity index (χ1v) is 4.64. The summed E-state index contributed by atoms with van der Waals surface area (Å²) in [5.41, 5.74) is -0.393. The fraction of sp³-hybridized carbons (Fsp3) is 1.00. The van der Waals surface area contributed by atoms with Gasteiger partial charge < -0.3 is 5.11 Å². The van der Waals surface area contributed by atoms with E-state index in [4.69, 9.17) is 0 Å². The van der Waals surface area contributed by atoms with Crippen molar-refractivity contribution in [3.8, 4) is 0 Å². The number of β-amino-alcohol motifs (C(OH)–C–C–N with tert-alkyl or cyclic N) is 1. The maximum absolute atomic E-state index is 9.69. The van der Waals surface area contributed by atoms with Crippen LogP contribution < -0.4 is 0 Å². The van der Waals surface area contributed by atoms with Crippen LogP contribution >= 0.6 is 0 Å². The van der Waals surface area contributed by atoms with Gasteiger partial charge in [-0.3, -0.25) is 4.90 Å². The van der Waals surface area contributed by atoms with E-state index in [9.17, 15) is 5.11 Å². The molecule has 1 atom stereocenters. The zero-order chi connectivity index (χ0) is 7.90. The van der Waals surface area contributed by atoms with Crippen LogP contribution in [-0.4, -0.2) is 34.7 Å². The van der Waals surface area contributed by atoms with Crippen LogP contribution in [0.4, 0.5) is 0 Å². The Morgan fingerprint density at radius 1 is 1.45 bits per heavy atom. The maximum Gasteiger partial charge on any atom is 0.0758 e. The molecular formula is C9H17NO. The first kappa shape index (κ1) is 7.56. The average molecular weight is 155 g/mol. The van der Waals surface area contributed by atoms with Crippen molar-refractivity contribution >= 4 is 0 Å². The molecule has 1 saturated heterocycles. The molecule has 1 aliphatic heterocycles. The second-order valence-electron chi connectivity index (χ2n) is 4.30. The SMILES string of the molecule is CC1(O)CCN(C2CCC2)C1. The van der Waals surface area contributed by atoms with Gasteiger partial charge in [0.1, 0.15) is 0 Å². The Balaban J connectivity index is 1.88. The zero-order valence-electron chi connectivity index (χ0n) is 7.21. The monoisotopic (exact) mass is 155 g/mol. The highest BCUT2D eigenvalue weighted by atomic mass is 16.3. The fourth-order valence-corrected chi connectivity index (χ4v) is 2.04. The van der Waals surface area contributed by atoms with Crippen LogP contribution in [-0.2, 0) is 0 Å². The molecule has 2 aliphatic rings.